The molecule has 1 N–H and O–H groups in total. The Kier molecular flexibility index (Phi) is 6.54. The van der Waals surface area contributed by atoms with Gasteiger partial charge in [-0.05, 0) is 36.5 Å². The van der Waals surface area contributed by atoms with Crippen LogP contribution in [-0.4, -0.2) is 50.6 Å². The van der Waals surface area contributed by atoms with Gasteiger partial charge in [-0.25, -0.2) is 9.50 Å². The van der Waals surface area contributed by atoms with Crippen LogP contribution in [0.5, 0.6) is 0 Å². The molecule has 4 aromatic rings. The van der Waals surface area contributed by atoms with E-state index in [0.29, 0.717) is 11.0 Å². The van der Waals surface area contributed by atoms with E-state index < -0.39 is 0 Å². The number of halogens is 2. The zero-order chi connectivity index (χ0) is 21.7. The molecule has 0 aliphatic carbocycles. The Labute approximate surface area is 210 Å². The number of nitrogens with one attached hydrogen (secondary N) is 1. The molecule has 0 unspecified atom stereocenters. The topological polar surface area (TPSA) is 87.1 Å². The lowest BCUT2D eigenvalue weighted by Crippen LogP contribution is -2.58. The molecule has 34 heavy (non-hydrogen) atoms. The fraction of sp³-hybridized carbons (Fsp3) is 0.333. The van der Waals surface area contributed by atoms with Gasteiger partial charge in [0.15, 0.2) is 0 Å². The Bertz CT molecular complexity index is 1340. The molecule has 2 fully saturated rings. The lowest BCUT2D eigenvalue weighted by molar-refractivity contribution is 0.126. The number of anilines is 1. The van der Waals surface area contributed by atoms with Crippen molar-refractivity contribution < 1.29 is 0 Å². The highest BCUT2D eigenvalue weighted by atomic mass is 35.5. The summed E-state index contributed by atoms with van der Waals surface area (Å²) in [7, 11) is 1.90. The van der Waals surface area contributed by atoms with E-state index in [-0.39, 0.29) is 24.8 Å². The molecule has 176 valence electrons. The maximum absolute atomic E-state index is 9.62. The number of nitriles is 1. The fourth-order valence-corrected chi connectivity index (χ4v) is 4.93. The molecular weight excluding hydrogens is 471 g/mol. The van der Waals surface area contributed by atoms with Gasteiger partial charge in [-0.1, -0.05) is 0 Å². The highest BCUT2D eigenvalue weighted by Crippen LogP contribution is 2.37. The average molecular weight is 497 g/mol. The summed E-state index contributed by atoms with van der Waals surface area (Å²) >= 11 is 0. The van der Waals surface area contributed by atoms with Gasteiger partial charge in [-0.3, -0.25) is 4.68 Å². The molecule has 8 nitrogen and oxygen atoms in total. The second-order valence-electron chi connectivity index (χ2n) is 9.00. The Hall–Kier alpha value is -3.12. The van der Waals surface area contributed by atoms with E-state index >= 15 is 0 Å². The zero-order valence-electron chi connectivity index (χ0n) is 18.8. The molecule has 0 bridgehead atoms. The molecule has 2 aliphatic heterocycles. The van der Waals surface area contributed by atoms with Crippen molar-refractivity contribution in [2.75, 3.05) is 31.1 Å². The van der Waals surface area contributed by atoms with Crippen LogP contribution in [-0.2, 0) is 7.05 Å². The molecule has 2 aliphatic rings. The van der Waals surface area contributed by atoms with Crippen LogP contribution >= 0.6 is 24.8 Å². The second kappa shape index (κ2) is 9.26. The molecular formula is C24H26Cl2N8. The first-order chi connectivity index (χ1) is 15.6. The first kappa shape index (κ1) is 24.0. The summed E-state index contributed by atoms with van der Waals surface area (Å²) in [6.45, 7) is 4.41. The first-order valence-electron chi connectivity index (χ1n) is 11.0. The van der Waals surface area contributed by atoms with Crippen LogP contribution in [0, 0.1) is 16.7 Å². The average Bonchev–Trinajstić information content (AvgIpc) is 3.43. The predicted octanol–water partition coefficient (Wildman–Crippen LogP) is 3.70. The van der Waals surface area contributed by atoms with Crippen LogP contribution in [0.3, 0.4) is 0 Å². The van der Waals surface area contributed by atoms with Crippen LogP contribution in [0.2, 0.25) is 0 Å². The first-order valence-corrected chi connectivity index (χ1v) is 11.0. The summed E-state index contributed by atoms with van der Waals surface area (Å²) in [4.78, 5) is 7.19. The minimum atomic E-state index is 0. The van der Waals surface area contributed by atoms with E-state index in [9.17, 15) is 5.26 Å². The largest absolute Gasteiger partial charge is 0.357 e. The number of hydrogen-bond acceptors (Lipinski definition) is 6. The van der Waals surface area contributed by atoms with Crippen LogP contribution in [0.15, 0.2) is 49.2 Å². The standard InChI is InChI=1S/C24H24N8.2ClH/c1-30-13-20(12-28-30)18-8-21(23-19(9-25)11-29-32(23)14-18)17-2-3-22(27-10-17)31-6-4-24(5-7-31)15-26-16-24;;/h2-3,8,10-14,26H,4-7,15-16H2,1H3;2*1H. The molecule has 10 heteroatoms. The van der Waals surface area contributed by atoms with Crippen molar-refractivity contribution >= 4 is 36.1 Å². The summed E-state index contributed by atoms with van der Waals surface area (Å²) in [5, 5.41) is 21.8. The van der Waals surface area contributed by atoms with E-state index in [1.54, 1.807) is 15.4 Å². The summed E-state index contributed by atoms with van der Waals surface area (Å²) < 4.78 is 3.56. The molecule has 0 atom stereocenters. The molecule has 4 aromatic heterocycles. The van der Waals surface area contributed by atoms with Gasteiger partial charge in [0.05, 0.1) is 23.5 Å². The third-order valence-corrected chi connectivity index (χ3v) is 6.98. The smallest absolute Gasteiger partial charge is 0.128 e. The van der Waals surface area contributed by atoms with E-state index in [0.717, 1.165) is 59.8 Å². The quantitative estimate of drug-likeness (QED) is 0.465. The van der Waals surface area contributed by atoms with Crippen molar-refractivity contribution in [3.8, 4) is 28.3 Å². The van der Waals surface area contributed by atoms with Crippen molar-refractivity contribution in [3.63, 3.8) is 0 Å². The van der Waals surface area contributed by atoms with Crippen molar-refractivity contribution in [3.05, 3.63) is 54.7 Å². The summed E-state index contributed by atoms with van der Waals surface area (Å²) in [6, 6.07) is 8.57. The molecule has 0 radical (unpaired) electrons. The Morgan fingerprint density at radius 1 is 0.971 bits per heavy atom. The minimum absolute atomic E-state index is 0. The molecule has 6 rings (SSSR count). The van der Waals surface area contributed by atoms with Crippen LogP contribution in [0.4, 0.5) is 5.82 Å². The van der Waals surface area contributed by atoms with E-state index in [2.05, 4.69) is 44.7 Å². The lowest BCUT2D eigenvalue weighted by atomic mass is 9.73. The summed E-state index contributed by atoms with van der Waals surface area (Å²) in [6.07, 6.45) is 11.7. The Balaban J connectivity index is 0.00000137. The van der Waals surface area contributed by atoms with Crippen molar-refractivity contribution in [2.45, 2.75) is 12.8 Å². The van der Waals surface area contributed by atoms with Crippen molar-refractivity contribution in [1.29, 1.82) is 5.26 Å². The van der Waals surface area contributed by atoms with Crippen LogP contribution in [0.25, 0.3) is 27.8 Å². The SMILES string of the molecule is Cl.Cl.Cn1cc(-c2cc(-c3ccc(N4CCC5(CC4)CNC5)nc3)c3c(C#N)cnn3c2)cn1. The minimum Gasteiger partial charge on any atom is -0.357 e. The Morgan fingerprint density at radius 3 is 2.35 bits per heavy atom. The molecule has 2 saturated heterocycles. The highest BCUT2D eigenvalue weighted by molar-refractivity contribution is 5.87. The maximum Gasteiger partial charge on any atom is 0.128 e. The monoisotopic (exact) mass is 496 g/mol. The van der Waals surface area contributed by atoms with Gasteiger partial charge in [0.1, 0.15) is 11.9 Å². The van der Waals surface area contributed by atoms with Gasteiger partial charge in [0.2, 0.25) is 0 Å². The predicted molar refractivity (Wildman–Crippen MR) is 137 cm³/mol. The number of aromatic nitrogens is 5. The normalized spacial score (nSPS) is 16.4. The number of nitrogens with zero attached hydrogens (tertiary/aromatic N) is 7. The summed E-state index contributed by atoms with van der Waals surface area (Å²) in [5.74, 6) is 1.02. The van der Waals surface area contributed by atoms with Crippen LogP contribution < -0.4 is 10.2 Å². The van der Waals surface area contributed by atoms with Gasteiger partial charge < -0.3 is 10.2 Å². The van der Waals surface area contributed by atoms with Gasteiger partial charge in [0, 0.05) is 74.1 Å². The van der Waals surface area contributed by atoms with Gasteiger partial charge in [-0.2, -0.15) is 15.5 Å². The van der Waals surface area contributed by atoms with Gasteiger partial charge in [-0.15, -0.1) is 24.8 Å². The van der Waals surface area contributed by atoms with E-state index in [4.69, 9.17) is 4.98 Å². The maximum atomic E-state index is 9.62. The number of pyridine rings is 2. The number of rotatable bonds is 3. The zero-order valence-corrected chi connectivity index (χ0v) is 20.4. The van der Waals surface area contributed by atoms with E-state index in [1.807, 2.05) is 31.8 Å². The number of aryl methyl sites for hydroxylation is 1. The van der Waals surface area contributed by atoms with Crippen molar-refractivity contribution in [1.82, 2.24) is 29.7 Å². The van der Waals surface area contributed by atoms with Crippen LogP contribution in [0.1, 0.15) is 18.4 Å². The van der Waals surface area contributed by atoms with E-state index in [1.165, 1.54) is 12.8 Å². The summed E-state index contributed by atoms with van der Waals surface area (Å²) in [5.41, 5.74) is 5.78. The Morgan fingerprint density at radius 2 is 1.76 bits per heavy atom. The molecule has 0 aromatic carbocycles. The molecule has 1 spiro atoms. The third kappa shape index (κ3) is 4.00. The lowest BCUT2D eigenvalue weighted by Gasteiger charge is -2.48. The fourth-order valence-electron chi connectivity index (χ4n) is 4.93. The van der Waals surface area contributed by atoms with Crippen molar-refractivity contribution in [2.24, 2.45) is 12.5 Å². The molecule has 6 heterocycles. The number of piperidine rings is 1. The molecule has 0 amide bonds. The number of hydrogen-bond donors (Lipinski definition) is 1. The second-order valence-corrected chi connectivity index (χ2v) is 9.00. The molecule has 0 saturated carbocycles. The van der Waals surface area contributed by atoms with Gasteiger partial charge in [0.25, 0.3) is 0 Å². The number of fused-ring (bicyclic) bond motifs is 1. The third-order valence-electron chi connectivity index (χ3n) is 6.98. The van der Waals surface area contributed by atoms with Gasteiger partial charge >= 0.3 is 0 Å². The highest BCUT2D eigenvalue weighted by Gasteiger charge is 2.39.